The van der Waals surface area contributed by atoms with Crippen LogP contribution in [-0.4, -0.2) is 25.5 Å². The van der Waals surface area contributed by atoms with Crippen molar-refractivity contribution in [3.63, 3.8) is 0 Å². The highest BCUT2D eigenvalue weighted by Gasteiger charge is 2.18. The zero-order valence-corrected chi connectivity index (χ0v) is 16.3. The van der Waals surface area contributed by atoms with E-state index in [0.29, 0.717) is 10.6 Å². The van der Waals surface area contributed by atoms with Gasteiger partial charge in [0.25, 0.3) is 5.91 Å². The molecular formula is C19H22ClN5O. The number of halogens is 1. The minimum absolute atomic E-state index is 0.176. The zero-order valence-electron chi connectivity index (χ0n) is 15.5. The molecule has 1 N–H and O–H groups in total. The van der Waals surface area contributed by atoms with Gasteiger partial charge in [0.05, 0.1) is 34.2 Å². The maximum atomic E-state index is 12.8. The molecule has 0 aliphatic heterocycles. The second-order valence-electron chi connectivity index (χ2n) is 6.51. The molecule has 6 nitrogen and oxygen atoms in total. The van der Waals surface area contributed by atoms with Gasteiger partial charge in [-0.3, -0.25) is 9.48 Å². The minimum atomic E-state index is -0.228. The molecule has 0 aliphatic rings. The number of nitrogens with one attached hydrogen (secondary N) is 1. The number of carbonyl (C=O) groups excluding carboxylic acids is 1. The lowest BCUT2D eigenvalue weighted by Crippen LogP contribution is -2.27. The SMILES string of the molecule is Cc1cc(C)n(-c2ccc(Cl)c(C(=O)N[C@@H](C)c3cnn(C)c3C)c2)n1. The quantitative estimate of drug-likeness (QED) is 0.760. The van der Waals surface area contributed by atoms with Gasteiger partial charge in [0, 0.05) is 24.0 Å². The Balaban J connectivity index is 1.88. The van der Waals surface area contributed by atoms with Gasteiger partial charge in [-0.25, -0.2) is 4.68 Å². The molecule has 0 bridgehead atoms. The van der Waals surface area contributed by atoms with Crippen molar-refractivity contribution in [2.45, 2.75) is 33.7 Å². The molecule has 0 unspecified atom stereocenters. The normalized spacial score (nSPS) is 12.2. The fourth-order valence-corrected chi connectivity index (χ4v) is 3.21. The number of carbonyl (C=O) groups is 1. The highest BCUT2D eigenvalue weighted by molar-refractivity contribution is 6.33. The van der Waals surface area contributed by atoms with Crippen molar-refractivity contribution >= 4 is 17.5 Å². The first-order valence-corrected chi connectivity index (χ1v) is 8.78. The molecule has 0 saturated heterocycles. The summed E-state index contributed by atoms with van der Waals surface area (Å²) >= 11 is 6.28. The molecule has 0 spiro atoms. The molecule has 7 heteroatoms. The number of aromatic nitrogens is 4. The summed E-state index contributed by atoms with van der Waals surface area (Å²) < 4.78 is 3.59. The zero-order chi connectivity index (χ0) is 19.0. The van der Waals surface area contributed by atoms with Crippen LogP contribution in [0, 0.1) is 20.8 Å². The van der Waals surface area contributed by atoms with Crippen LogP contribution in [0.1, 0.15) is 46.0 Å². The molecule has 3 aromatic rings. The maximum Gasteiger partial charge on any atom is 0.253 e. The summed E-state index contributed by atoms with van der Waals surface area (Å²) in [5.74, 6) is -0.228. The van der Waals surface area contributed by atoms with E-state index in [4.69, 9.17) is 11.6 Å². The van der Waals surface area contributed by atoms with Crippen molar-refractivity contribution in [2.75, 3.05) is 0 Å². The van der Waals surface area contributed by atoms with E-state index in [0.717, 1.165) is 28.3 Å². The van der Waals surface area contributed by atoms with Crippen LogP contribution in [0.4, 0.5) is 0 Å². The van der Waals surface area contributed by atoms with Gasteiger partial charge in [-0.15, -0.1) is 0 Å². The van der Waals surface area contributed by atoms with E-state index < -0.39 is 0 Å². The lowest BCUT2D eigenvalue weighted by Gasteiger charge is -2.15. The summed E-state index contributed by atoms with van der Waals surface area (Å²) in [6.07, 6.45) is 1.77. The van der Waals surface area contributed by atoms with Crippen molar-refractivity contribution in [2.24, 2.45) is 7.05 Å². The third-order valence-corrected chi connectivity index (χ3v) is 4.87. The number of hydrogen-bond donors (Lipinski definition) is 1. The van der Waals surface area contributed by atoms with E-state index >= 15 is 0 Å². The summed E-state index contributed by atoms with van der Waals surface area (Å²) in [4.78, 5) is 12.8. The smallest absolute Gasteiger partial charge is 0.253 e. The molecule has 2 aromatic heterocycles. The second kappa shape index (κ2) is 6.96. The monoisotopic (exact) mass is 371 g/mol. The third kappa shape index (κ3) is 3.37. The average Bonchev–Trinajstić information content (AvgIpc) is 3.09. The fourth-order valence-electron chi connectivity index (χ4n) is 3.00. The van der Waals surface area contributed by atoms with Crippen molar-refractivity contribution in [1.29, 1.82) is 0 Å². The summed E-state index contributed by atoms with van der Waals surface area (Å²) in [6.45, 7) is 7.81. The highest BCUT2D eigenvalue weighted by Crippen LogP contribution is 2.23. The van der Waals surface area contributed by atoms with E-state index in [1.54, 1.807) is 27.7 Å². The Morgan fingerprint density at radius 2 is 1.96 bits per heavy atom. The Hall–Kier alpha value is -2.60. The molecule has 136 valence electrons. The molecule has 26 heavy (non-hydrogen) atoms. The molecule has 0 aliphatic carbocycles. The van der Waals surface area contributed by atoms with E-state index in [2.05, 4.69) is 15.5 Å². The molecule has 1 amide bonds. The van der Waals surface area contributed by atoms with Gasteiger partial charge in [-0.1, -0.05) is 11.6 Å². The van der Waals surface area contributed by atoms with E-state index in [1.807, 2.05) is 46.9 Å². The molecule has 3 rings (SSSR count). The first kappa shape index (κ1) is 18.2. The highest BCUT2D eigenvalue weighted by atomic mass is 35.5. The summed E-state index contributed by atoms with van der Waals surface area (Å²) in [5.41, 5.74) is 5.13. The van der Waals surface area contributed by atoms with Gasteiger partial charge < -0.3 is 5.32 Å². The molecule has 2 heterocycles. The largest absolute Gasteiger partial charge is 0.345 e. The second-order valence-corrected chi connectivity index (χ2v) is 6.91. The number of rotatable bonds is 4. The molecule has 0 fully saturated rings. The minimum Gasteiger partial charge on any atom is -0.345 e. The van der Waals surface area contributed by atoms with Crippen LogP contribution < -0.4 is 5.32 Å². The number of amides is 1. The van der Waals surface area contributed by atoms with Gasteiger partial charge in [0.1, 0.15) is 0 Å². The lowest BCUT2D eigenvalue weighted by atomic mass is 10.1. The van der Waals surface area contributed by atoms with Gasteiger partial charge in [-0.05, 0) is 52.0 Å². The van der Waals surface area contributed by atoms with Crippen LogP contribution in [-0.2, 0) is 7.05 Å². The number of benzene rings is 1. The lowest BCUT2D eigenvalue weighted by molar-refractivity contribution is 0.0940. The van der Waals surface area contributed by atoms with Gasteiger partial charge in [0.15, 0.2) is 0 Å². The van der Waals surface area contributed by atoms with Crippen molar-refractivity contribution < 1.29 is 4.79 Å². The van der Waals surface area contributed by atoms with E-state index in [1.165, 1.54) is 0 Å². The van der Waals surface area contributed by atoms with Gasteiger partial charge in [0.2, 0.25) is 0 Å². The third-order valence-electron chi connectivity index (χ3n) is 4.54. The molecule has 0 radical (unpaired) electrons. The van der Waals surface area contributed by atoms with Crippen LogP contribution in [0.3, 0.4) is 0 Å². The molecular weight excluding hydrogens is 350 g/mol. The van der Waals surface area contributed by atoms with Gasteiger partial charge in [-0.2, -0.15) is 10.2 Å². The fraction of sp³-hybridized carbons (Fsp3) is 0.316. The predicted molar refractivity (Wildman–Crippen MR) is 102 cm³/mol. The summed E-state index contributed by atoms with van der Waals surface area (Å²) in [7, 11) is 1.88. The number of hydrogen-bond acceptors (Lipinski definition) is 3. The van der Waals surface area contributed by atoms with Crippen molar-refractivity contribution in [3.8, 4) is 5.69 Å². The Bertz CT molecular complexity index is 972. The molecule has 1 atom stereocenters. The van der Waals surface area contributed by atoms with Gasteiger partial charge >= 0.3 is 0 Å². The predicted octanol–water partition coefficient (Wildman–Crippen LogP) is 3.68. The van der Waals surface area contributed by atoms with E-state index in [9.17, 15) is 4.79 Å². The van der Waals surface area contributed by atoms with Crippen LogP contribution in [0.15, 0.2) is 30.5 Å². The topological polar surface area (TPSA) is 64.7 Å². The van der Waals surface area contributed by atoms with Crippen LogP contribution >= 0.6 is 11.6 Å². The number of nitrogens with zero attached hydrogens (tertiary/aromatic N) is 4. The summed E-state index contributed by atoms with van der Waals surface area (Å²) in [6, 6.07) is 7.15. The first-order chi connectivity index (χ1) is 12.3. The van der Waals surface area contributed by atoms with Crippen LogP contribution in [0.2, 0.25) is 5.02 Å². The Labute approximate surface area is 157 Å². The number of aryl methyl sites for hydroxylation is 3. The Morgan fingerprint density at radius 3 is 2.54 bits per heavy atom. The van der Waals surface area contributed by atoms with Crippen molar-refractivity contribution in [1.82, 2.24) is 24.9 Å². The molecule has 1 aromatic carbocycles. The Kier molecular flexibility index (Phi) is 4.87. The van der Waals surface area contributed by atoms with E-state index in [-0.39, 0.29) is 11.9 Å². The Morgan fingerprint density at radius 1 is 1.23 bits per heavy atom. The maximum absolute atomic E-state index is 12.8. The molecule has 0 saturated carbocycles. The first-order valence-electron chi connectivity index (χ1n) is 8.40. The van der Waals surface area contributed by atoms with Crippen LogP contribution in [0.5, 0.6) is 0 Å². The standard InChI is InChI=1S/C19H22ClN5O/c1-11-8-12(2)25(23-11)15-6-7-18(20)16(9-15)19(26)22-13(3)17-10-21-24(5)14(17)4/h6-10,13H,1-5H3,(H,22,26)/t13-/m0/s1. The summed E-state index contributed by atoms with van der Waals surface area (Å²) in [5, 5.41) is 12.1. The van der Waals surface area contributed by atoms with Crippen molar-refractivity contribution in [3.05, 3.63) is 63.7 Å². The van der Waals surface area contributed by atoms with Crippen LogP contribution in [0.25, 0.3) is 5.69 Å². The average molecular weight is 372 g/mol.